The van der Waals surface area contributed by atoms with Crippen LogP contribution in [0, 0.1) is 5.92 Å². The maximum Gasteiger partial charge on any atom is 0.335 e. The zero-order valence-corrected chi connectivity index (χ0v) is 9.85. The summed E-state index contributed by atoms with van der Waals surface area (Å²) in [6.45, 7) is 3.78. The van der Waals surface area contributed by atoms with Crippen molar-refractivity contribution in [2.24, 2.45) is 5.92 Å². The maximum absolute atomic E-state index is 10.7. The number of nitrogens with one attached hydrogen (secondary N) is 1. The SMILES string of the molecule is CC(Nc1ccc(C(=O)O)cc1)C1CCOC1. The Hall–Kier alpha value is -1.55. The topological polar surface area (TPSA) is 58.6 Å². The molecule has 1 aliphatic rings. The number of hydrogen-bond acceptors (Lipinski definition) is 3. The van der Waals surface area contributed by atoms with Gasteiger partial charge in [0.25, 0.3) is 0 Å². The summed E-state index contributed by atoms with van der Waals surface area (Å²) >= 11 is 0. The van der Waals surface area contributed by atoms with Crippen LogP contribution in [-0.2, 0) is 4.74 Å². The van der Waals surface area contributed by atoms with E-state index < -0.39 is 5.97 Å². The molecule has 0 bridgehead atoms. The molecule has 92 valence electrons. The van der Waals surface area contributed by atoms with E-state index in [2.05, 4.69) is 12.2 Å². The fourth-order valence-corrected chi connectivity index (χ4v) is 2.04. The van der Waals surface area contributed by atoms with Crippen molar-refractivity contribution in [1.82, 2.24) is 0 Å². The van der Waals surface area contributed by atoms with Gasteiger partial charge >= 0.3 is 5.97 Å². The Morgan fingerprint density at radius 3 is 2.71 bits per heavy atom. The van der Waals surface area contributed by atoms with Crippen LogP contribution in [0.3, 0.4) is 0 Å². The van der Waals surface area contributed by atoms with Crippen LogP contribution in [-0.4, -0.2) is 30.3 Å². The minimum atomic E-state index is -0.895. The summed E-state index contributed by atoms with van der Waals surface area (Å²) in [6.07, 6.45) is 1.08. The Kier molecular flexibility index (Phi) is 3.64. The molecule has 1 aliphatic heterocycles. The zero-order chi connectivity index (χ0) is 12.3. The van der Waals surface area contributed by atoms with Crippen molar-refractivity contribution < 1.29 is 14.6 Å². The predicted octanol–water partition coefficient (Wildman–Crippen LogP) is 2.22. The molecule has 1 aromatic rings. The number of carbonyl (C=O) groups is 1. The van der Waals surface area contributed by atoms with E-state index in [1.807, 2.05) is 0 Å². The van der Waals surface area contributed by atoms with Crippen LogP contribution in [0.25, 0.3) is 0 Å². The standard InChI is InChI=1S/C13H17NO3/c1-9(11-6-7-17-8-11)14-12-4-2-10(3-5-12)13(15)16/h2-5,9,11,14H,6-8H2,1H3,(H,15,16). The van der Waals surface area contributed by atoms with Crippen molar-refractivity contribution >= 4 is 11.7 Å². The summed E-state index contributed by atoms with van der Waals surface area (Å²) < 4.78 is 5.35. The third-order valence-electron chi connectivity index (χ3n) is 3.20. The van der Waals surface area contributed by atoms with Crippen LogP contribution in [0.5, 0.6) is 0 Å². The Morgan fingerprint density at radius 2 is 2.18 bits per heavy atom. The van der Waals surface area contributed by atoms with E-state index in [1.54, 1.807) is 24.3 Å². The third kappa shape index (κ3) is 2.97. The summed E-state index contributed by atoms with van der Waals surface area (Å²) in [4.78, 5) is 10.7. The molecule has 0 aliphatic carbocycles. The summed E-state index contributed by atoms with van der Waals surface area (Å²) in [6, 6.07) is 7.17. The average molecular weight is 235 g/mol. The van der Waals surface area contributed by atoms with Gasteiger partial charge in [0.1, 0.15) is 0 Å². The fraction of sp³-hybridized carbons (Fsp3) is 0.462. The second-order valence-corrected chi connectivity index (χ2v) is 4.44. The van der Waals surface area contributed by atoms with Gasteiger partial charge in [0, 0.05) is 24.3 Å². The van der Waals surface area contributed by atoms with Crippen molar-refractivity contribution in [3.8, 4) is 0 Å². The van der Waals surface area contributed by atoms with Crippen molar-refractivity contribution in [3.05, 3.63) is 29.8 Å². The molecule has 0 aromatic heterocycles. The number of carboxylic acids is 1. The van der Waals surface area contributed by atoms with E-state index in [9.17, 15) is 4.79 Å². The van der Waals surface area contributed by atoms with Crippen molar-refractivity contribution in [1.29, 1.82) is 0 Å². The number of ether oxygens (including phenoxy) is 1. The van der Waals surface area contributed by atoms with Gasteiger partial charge in [0.2, 0.25) is 0 Å². The van der Waals surface area contributed by atoms with E-state index in [4.69, 9.17) is 9.84 Å². The molecule has 0 amide bonds. The highest BCUT2D eigenvalue weighted by Gasteiger charge is 2.21. The second kappa shape index (κ2) is 5.19. The van der Waals surface area contributed by atoms with E-state index in [0.29, 0.717) is 17.5 Å². The minimum absolute atomic E-state index is 0.312. The first-order valence-electron chi connectivity index (χ1n) is 5.84. The van der Waals surface area contributed by atoms with Gasteiger partial charge in [0.05, 0.1) is 12.2 Å². The zero-order valence-electron chi connectivity index (χ0n) is 9.85. The summed E-state index contributed by atoms with van der Waals surface area (Å²) in [5, 5.41) is 12.2. The van der Waals surface area contributed by atoms with Crippen molar-refractivity contribution in [2.45, 2.75) is 19.4 Å². The van der Waals surface area contributed by atoms with Gasteiger partial charge in [-0.05, 0) is 37.6 Å². The van der Waals surface area contributed by atoms with E-state index in [0.717, 1.165) is 25.3 Å². The normalized spacial score (nSPS) is 21.1. The Balaban J connectivity index is 1.96. The molecule has 1 saturated heterocycles. The lowest BCUT2D eigenvalue weighted by Gasteiger charge is -2.20. The number of aromatic carboxylic acids is 1. The maximum atomic E-state index is 10.7. The van der Waals surface area contributed by atoms with Gasteiger partial charge in [-0.25, -0.2) is 4.79 Å². The number of benzene rings is 1. The van der Waals surface area contributed by atoms with Gasteiger partial charge in [-0.2, -0.15) is 0 Å². The molecule has 4 nitrogen and oxygen atoms in total. The molecule has 2 atom stereocenters. The molecule has 0 saturated carbocycles. The van der Waals surface area contributed by atoms with Crippen LogP contribution >= 0.6 is 0 Å². The Bertz CT molecular complexity index is 382. The van der Waals surface area contributed by atoms with Crippen LogP contribution in [0.4, 0.5) is 5.69 Å². The molecule has 0 radical (unpaired) electrons. The molecule has 17 heavy (non-hydrogen) atoms. The Labute approximate surface area is 101 Å². The minimum Gasteiger partial charge on any atom is -0.478 e. The first kappa shape index (κ1) is 11.9. The molecule has 2 N–H and O–H groups in total. The molecule has 1 aromatic carbocycles. The van der Waals surface area contributed by atoms with Crippen LogP contribution in [0.15, 0.2) is 24.3 Å². The molecule has 2 unspecified atom stereocenters. The molecule has 2 rings (SSSR count). The molecular formula is C13H17NO3. The lowest BCUT2D eigenvalue weighted by Crippen LogP contribution is -2.26. The van der Waals surface area contributed by atoms with Crippen LogP contribution in [0.1, 0.15) is 23.7 Å². The highest BCUT2D eigenvalue weighted by molar-refractivity contribution is 5.87. The van der Waals surface area contributed by atoms with E-state index >= 15 is 0 Å². The summed E-state index contributed by atoms with van der Waals surface area (Å²) in [5.41, 5.74) is 1.27. The van der Waals surface area contributed by atoms with Gasteiger partial charge in [-0.3, -0.25) is 0 Å². The highest BCUT2D eigenvalue weighted by atomic mass is 16.5. The van der Waals surface area contributed by atoms with Crippen molar-refractivity contribution in [2.75, 3.05) is 18.5 Å². The largest absolute Gasteiger partial charge is 0.478 e. The monoisotopic (exact) mass is 235 g/mol. The summed E-state index contributed by atoms with van der Waals surface area (Å²) in [5.74, 6) is -0.358. The van der Waals surface area contributed by atoms with Crippen LogP contribution < -0.4 is 5.32 Å². The fourth-order valence-electron chi connectivity index (χ4n) is 2.04. The molecule has 4 heteroatoms. The smallest absolute Gasteiger partial charge is 0.335 e. The predicted molar refractivity (Wildman–Crippen MR) is 65.4 cm³/mol. The van der Waals surface area contributed by atoms with Gasteiger partial charge < -0.3 is 15.2 Å². The average Bonchev–Trinajstić information content (AvgIpc) is 2.83. The molecule has 0 spiro atoms. The number of rotatable bonds is 4. The summed E-state index contributed by atoms with van der Waals surface area (Å²) in [7, 11) is 0. The lowest BCUT2D eigenvalue weighted by molar-refractivity contribution is 0.0697. The highest BCUT2D eigenvalue weighted by Crippen LogP contribution is 2.20. The first-order chi connectivity index (χ1) is 8.16. The number of hydrogen-bond donors (Lipinski definition) is 2. The molecular weight excluding hydrogens is 218 g/mol. The second-order valence-electron chi connectivity index (χ2n) is 4.44. The van der Waals surface area contributed by atoms with E-state index in [1.165, 1.54) is 0 Å². The van der Waals surface area contributed by atoms with Gasteiger partial charge in [-0.15, -0.1) is 0 Å². The van der Waals surface area contributed by atoms with E-state index in [-0.39, 0.29) is 0 Å². The van der Waals surface area contributed by atoms with Crippen molar-refractivity contribution in [3.63, 3.8) is 0 Å². The van der Waals surface area contributed by atoms with Gasteiger partial charge in [0.15, 0.2) is 0 Å². The first-order valence-corrected chi connectivity index (χ1v) is 5.84. The Morgan fingerprint density at radius 1 is 1.47 bits per heavy atom. The molecule has 1 heterocycles. The number of anilines is 1. The number of carboxylic acid groups (broad SMARTS) is 1. The quantitative estimate of drug-likeness (QED) is 0.840. The third-order valence-corrected chi connectivity index (χ3v) is 3.20. The van der Waals surface area contributed by atoms with Crippen LogP contribution in [0.2, 0.25) is 0 Å². The molecule has 1 fully saturated rings. The lowest BCUT2D eigenvalue weighted by atomic mass is 10.0. The van der Waals surface area contributed by atoms with Gasteiger partial charge in [-0.1, -0.05) is 0 Å².